The standard InChI is InChI=1S/C18H21N3O4S/c19-26(24,25)13-15-6-8-16(9-7-15)21-17(22)10-11-20-18(23)12-14-4-2-1-3-5-14/h1-9H,10-13H2,(H,20,23)(H,21,22)(H2,19,24,25). The van der Waals surface area contributed by atoms with E-state index in [1.165, 1.54) is 0 Å². The lowest BCUT2D eigenvalue weighted by atomic mass is 10.1. The molecule has 2 rings (SSSR count). The molecule has 0 saturated heterocycles. The topological polar surface area (TPSA) is 118 Å². The number of amides is 2. The normalized spacial score (nSPS) is 11.0. The predicted molar refractivity (Wildman–Crippen MR) is 99.7 cm³/mol. The van der Waals surface area contributed by atoms with Crippen LogP contribution in [0.4, 0.5) is 5.69 Å². The Kier molecular flexibility index (Phi) is 6.88. The van der Waals surface area contributed by atoms with Crippen molar-refractivity contribution in [2.75, 3.05) is 11.9 Å². The number of sulfonamides is 1. The van der Waals surface area contributed by atoms with Crippen LogP contribution in [-0.4, -0.2) is 26.8 Å². The summed E-state index contributed by atoms with van der Waals surface area (Å²) in [5.74, 6) is -0.644. The first kappa shape index (κ1) is 19.6. The third-order valence-corrected chi connectivity index (χ3v) is 4.22. The summed E-state index contributed by atoms with van der Waals surface area (Å²) in [6, 6.07) is 15.7. The number of nitrogens with two attached hydrogens (primary N) is 1. The molecular formula is C18H21N3O4S. The van der Waals surface area contributed by atoms with Crippen LogP contribution < -0.4 is 15.8 Å². The summed E-state index contributed by atoms with van der Waals surface area (Å²) in [7, 11) is -3.58. The lowest BCUT2D eigenvalue weighted by molar-refractivity contribution is -0.120. The molecule has 4 N–H and O–H groups in total. The van der Waals surface area contributed by atoms with E-state index in [1.807, 2.05) is 30.3 Å². The number of rotatable bonds is 8. The van der Waals surface area contributed by atoms with Gasteiger partial charge in [-0.3, -0.25) is 9.59 Å². The van der Waals surface area contributed by atoms with Gasteiger partial charge < -0.3 is 10.6 Å². The quantitative estimate of drug-likeness (QED) is 0.641. The smallest absolute Gasteiger partial charge is 0.226 e. The Hall–Kier alpha value is -2.71. The summed E-state index contributed by atoms with van der Waals surface area (Å²) < 4.78 is 22.1. The van der Waals surface area contributed by atoms with Gasteiger partial charge in [0.1, 0.15) is 0 Å². The fraction of sp³-hybridized carbons (Fsp3) is 0.222. The molecule has 0 bridgehead atoms. The highest BCUT2D eigenvalue weighted by Gasteiger charge is 2.07. The molecule has 26 heavy (non-hydrogen) atoms. The highest BCUT2D eigenvalue weighted by atomic mass is 32.2. The lowest BCUT2D eigenvalue weighted by Crippen LogP contribution is -2.28. The first-order chi connectivity index (χ1) is 12.3. The molecule has 0 aliphatic carbocycles. The van der Waals surface area contributed by atoms with E-state index in [4.69, 9.17) is 5.14 Å². The van der Waals surface area contributed by atoms with Gasteiger partial charge in [-0.05, 0) is 23.3 Å². The molecule has 8 heteroatoms. The fourth-order valence-electron chi connectivity index (χ4n) is 2.30. The van der Waals surface area contributed by atoms with Crippen LogP contribution in [0.3, 0.4) is 0 Å². The van der Waals surface area contributed by atoms with Crippen molar-refractivity contribution in [1.82, 2.24) is 5.32 Å². The van der Waals surface area contributed by atoms with Crippen molar-refractivity contribution in [3.05, 3.63) is 65.7 Å². The Bertz CT molecular complexity index is 850. The molecule has 0 fully saturated rings. The molecule has 0 saturated carbocycles. The zero-order valence-corrected chi connectivity index (χ0v) is 15.0. The van der Waals surface area contributed by atoms with Crippen LogP contribution in [0.2, 0.25) is 0 Å². The summed E-state index contributed by atoms with van der Waals surface area (Å²) in [6.07, 6.45) is 0.410. The molecule has 0 aliphatic heterocycles. The van der Waals surface area contributed by atoms with Crippen LogP contribution in [0.25, 0.3) is 0 Å². The second-order valence-corrected chi connectivity index (χ2v) is 7.43. The Balaban J connectivity index is 1.72. The summed E-state index contributed by atoms with van der Waals surface area (Å²) >= 11 is 0. The van der Waals surface area contributed by atoms with Gasteiger partial charge in [-0.25, -0.2) is 13.6 Å². The molecule has 0 heterocycles. The molecule has 138 valence electrons. The van der Waals surface area contributed by atoms with Gasteiger partial charge in [0.05, 0.1) is 12.2 Å². The number of carbonyl (C=O) groups excluding carboxylic acids is 2. The molecule has 0 unspecified atom stereocenters. The molecule has 2 aromatic rings. The van der Waals surface area contributed by atoms with Gasteiger partial charge >= 0.3 is 0 Å². The third-order valence-electron chi connectivity index (χ3n) is 3.49. The zero-order valence-electron chi connectivity index (χ0n) is 14.1. The number of benzene rings is 2. The van der Waals surface area contributed by atoms with Gasteiger partial charge in [0.15, 0.2) is 0 Å². The summed E-state index contributed by atoms with van der Waals surface area (Å²) in [6.45, 7) is 0.237. The van der Waals surface area contributed by atoms with Crippen molar-refractivity contribution < 1.29 is 18.0 Å². The number of primary sulfonamides is 1. The van der Waals surface area contributed by atoms with E-state index >= 15 is 0 Å². The van der Waals surface area contributed by atoms with Crippen LogP contribution in [0.5, 0.6) is 0 Å². The van der Waals surface area contributed by atoms with E-state index in [2.05, 4.69) is 10.6 Å². The monoisotopic (exact) mass is 375 g/mol. The molecule has 0 atom stereocenters. The van der Waals surface area contributed by atoms with E-state index in [1.54, 1.807) is 24.3 Å². The van der Waals surface area contributed by atoms with Crippen LogP contribution in [0, 0.1) is 0 Å². The molecule has 0 aromatic heterocycles. The van der Waals surface area contributed by atoms with Crippen LogP contribution in [0.15, 0.2) is 54.6 Å². The Morgan fingerprint density at radius 2 is 1.54 bits per heavy atom. The van der Waals surface area contributed by atoms with E-state index in [9.17, 15) is 18.0 Å². The molecule has 0 aliphatic rings. The van der Waals surface area contributed by atoms with Gasteiger partial charge in [-0.15, -0.1) is 0 Å². The maximum absolute atomic E-state index is 11.9. The third kappa shape index (κ3) is 7.45. The van der Waals surface area contributed by atoms with Crippen molar-refractivity contribution >= 4 is 27.5 Å². The predicted octanol–water partition coefficient (Wildman–Crippen LogP) is 1.16. The van der Waals surface area contributed by atoms with Crippen LogP contribution in [-0.2, 0) is 31.8 Å². The van der Waals surface area contributed by atoms with Crippen molar-refractivity contribution in [2.45, 2.75) is 18.6 Å². The van der Waals surface area contributed by atoms with Crippen molar-refractivity contribution in [1.29, 1.82) is 0 Å². The summed E-state index contributed by atoms with van der Waals surface area (Å²) in [5.41, 5.74) is 2.00. The number of hydrogen-bond acceptors (Lipinski definition) is 4. The van der Waals surface area contributed by atoms with Crippen LogP contribution >= 0.6 is 0 Å². The largest absolute Gasteiger partial charge is 0.355 e. The summed E-state index contributed by atoms with van der Waals surface area (Å²) in [4.78, 5) is 23.7. The van der Waals surface area contributed by atoms with Gasteiger partial charge in [0, 0.05) is 18.7 Å². The van der Waals surface area contributed by atoms with E-state index in [-0.39, 0.29) is 37.0 Å². The number of hydrogen-bond donors (Lipinski definition) is 3. The number of carbonyl (C=O) groups is 2. The SMILES string of the molecule is NS(=O)(=O)Cc1ccc(NC(=O)CCNC(=O)Cc2ccccc2)cc1. The average Bonchev–Trinajstić information content (AvgIpc) is 2.56. The Labute approximate surface area is 152 Å². The molecule has 7 nitrogen and oxygen atoms in total. The second kappa shape index (κ2) is 9.12. The fourth-order valence-corrected chi connectivity index (χ4v) is 2.96. The highest BCUT2D eigenvalue weighted by molar-refractivity contribution is 7.88. The minimum Gasteiger partial charge on any atom is -0.355 e. The Morgan fingerprint density at radius 1 is 0.885 bits per heavy atom. The first-order valence-corrected chi connectivity index (χ1v) is 9.73. The maximum atomic E-state index is 11.9. The van der Waals surface area contributed by atoms with Gasteiger partial charge in [0.25, 0.3) is 0 Å². The molecule has 2 amide bonds. The number of anilines is 1. The van der Waals surface area contributed by atoms with Crippen molar-refractivity contribution in [3.8, 4) is 0 Å². The Morgan fingerprint density at radius 3 is 2.15 bits per heavy atom. The number of nitrogens with one attached hydrogen (secondary N) is 2. The molecule has 2 aromatic carbocycles. The van der Waals surface area contributed by atoms with E-state index in [0.717, 1.165) is 5.56 Å². The summed E-state index contributed by atoms with van der Waals surface area (Å²) in [5, 5.41) is 10.4. The van der Waals surface area contributed by atoms with Crippen molar-refractivity contribution in [2.24, 2.45) is 5.14 Å². The minimum absolute atomic E-state index is 0.138. The van der Waals surface area contributed by atoms with Crippen molar-refractivity contribution in [3.63, 3.8) is 0 Å². The van der Waals surface area contributed by atoms with E-state index in [0.29, 0.717) is 11.3 Å². The van der Waals surface area contributed by atoms with E-state index < -0.39 is 10.0 Å². The molecular weight excluding hydrogens is 354 g/mol. The zero-order chi connectivity index (χ0) is 19.0. The second-order valence-electron chi connectivity index (χ2n) is 5.81. The molecule has 0 spiro atoms. The van der Waals surface area contributed by atoms with Crippen LogP contribution in [0.1, 0.15) is 17.5 Å². The van der Waals surface area contributed by atoms with Gasteiger partial charge in [0.2, 0.25) is 21.8 Å². The lowest BCUT2D eigenvalue weighted by Gasteiger charge is -2.08. The molecule has 0 radical (unpaired) electrons. The minimum atomic E-state index is -3.58. The highest BCUT2D eigenvalue weighted by Crippen LogP contribution is 2.11. The maximum Gasteiger partial charge on any atom is 0.226 e. The van der Waals surface area contributed by atoms with Gasteiger partial charge in [-0.1, -0.05) is 42.5 Å². The first-order valence-electron chi connectivity index (χ1n) is 8.02. The average molecular weight is 375 g/mol. The van der Waals surface area contributed by atoms with Gasteiger partial charge in [-0.2, -0.15) is 0 Å².